The van der Waals surface area contributed by atoms with E-state index in [0.29, 0.717) is 43.4 Å². The smallest absolute Gasteiger partial charge is 0.387 e. The molecule has 2 atom stereocenters. The van der Waals surface area contributed by atoms with Gasteiger partial charge in [-0.25, -0.2) is 0 Å². The molecule has 0 spiro atoms. The van der Waals surface area contributed by atoms with Gasteiger partial charge in [0.25, 0.3) is 0 Å². The SMILES string of the molecule is CC(n1nc(-c2cccc(OC(F)F)c2)c2c1CC(C(=O)NC1(C)CCS(O)(O)CC1)CC2)C(C)(C)O. The van der Waals surface area contributed by atoms with Gasteiger partial charge in [0, 0.05) is 46.2 Å². The zero-order chi connectivity index (χ0) is 27.2. The molecule has 0 saturated carbocycles. The number of amides is 1. The molecule has 4 N–H and O–H groups in total. The molecule has 8 nitrogen and oxygen atoms in total. The number of fused-ring (bicyclic) bond motifs is 1. The maximum absolute atomic E-state index is 13.3. The van der Waals surface area contributed by atoms with E-state index in [0.717, 1.165) is 11.3 Å². The van der Waals surface area contributed by atoms with Gasteiger partial charge in [-0.3, -0.25) is 18.6 Å². The average molecular weight is 542 g/mol. The van der Waals surface area contributed by atoms with Crippen molar-refractivity contribution in [3.05, 3.63) is 35.5 Å². The topological polar surface area (TPSA) is 117 Å². The summed E-state index contributed by atoms with van der Waals surface area (Å²) in [5.74, 6) is 0.219. The summed E-state index contributed by atoms with van der Waals surface area (Å²) in [6.07, 6.45) is 2.60. The fraction of sp³-hybridized carbons (Fsp3) is 0.615. The summed E-state index contributed by atoms with van der Waals surface area (Å²) < 4.78 is 51.8. The first-order valence-electron chi connectivity index (χ1n) is 12.6. The van der Waals surface area contributed by atoms with Gasteiger partial charge in [-0.05, 0) is 65.5 Å². The van der Waals surface area contributed by atoms with Gasteiger partial charge in [0.1, 0.15) is 5.75 Å². The number of ether oxygens (including phenoxy) is 1. The van der Waals surface area contributed by atoms with Crippen LogP contribution in [0.15, 0.2) is 24.3 Å². The zero-order valence-electron chi connectivity index (χ0n) is 21.7. The summed E-state index contributed by atoms with van der Waals surface area (Å²) in [7, 11) is -2.55. The van der Waals surface area contributed by atoms with Crippen LogP contribution in [0.5, 0.6) is 5.75 Å². The molecule has 1 fully saturated rings. The molecule has 1 amide bonds. The molecule has 4 rings (SSSR count). The lowest BCUT2D eigenvalue weighted by Crippen LogP contribution is -2.52. The van der Waals surface area contributed by atoms with E-state index in [9.17, 15) is 27.8 Å². The largest absolute Gasteiger partial charge is 0.435 e. The molecule has 0 radical (unpaired) electrons. The van der Waals surface area contributed by atoms with Gasteiger partial charge in [0.2, 0.25) is 5.91 Å². The third-order valence-corrected chi connectivity index (χ3v) is 9.50. The number of nitrogens with one attached hydrogen (secondary N) is 1. The Labute approximate surface area is 217 Å². The summed E-state index contributed by atoms with van der Waals surface area (Å²) in [4.78, 5) is 13.3. The number of benzene rings is 1. The lowest BCUT2D eigenvalue weighted by molar-refractivity contribution is -0.127. The van der Waals surface area contributed by atoms with Crippen molar-refractivity contribution in [1.82, 2.24) is 15.1 Å². The molecular weight excluding hydrogens is 504 g/mol. The summed E-state index contributed by atoms with van der Waals surface area (Å²) in [5.41, 5.74) is 1.47. The number of hydrogen-bond acceptors (Lipinski definition) is 6. The Morgan fingerprint density at radius 3 is 2.59 bits per heavy atom. The average Bonchev–Trinajstić information content (AvgIpc) is 3.19. The van der Waals surface area contributed by atoms with Crippen molar-refractivity contribution in [2.24, 2.45) is 5.92 Å². The van der Waals surface area contributed by atoms with Gasteiger partial charge in [0.05, 0.1) is 17.3 Å². The van der Waals surface area contributed by atoms with E-state index < -0.39 is 34.4 Å². The number of hydrogen-bond donors (Lipinski definition) is 4. The van der Waals surface area contributed by atoms with Gasteiger partial charge in [0.15, 0.2) is 0 Å². The van der Waals surface area contributed by atoms with Crippen molar-refractivity contribution in [2.75, 3.05) is 11.5 Å². The molecule has 1 saturated heterocycles. The van der Waals surface area contributed by atoms with Crippen LogP contribution >= 0.6 is 10.6 Å². The predicted molar refractivity (Wildman–Crippen MR) is 139 cm³/mol. The van der Waals surface area contributed by atoms with Crippen LogP contribution in [0.2, 0.25) is 0 Å². The second-order valence-corrected chi connectivity index (χ2v) is 13.6. The number of carbonyl (C=O) groups is 1. The van der Waals surface area contributed by atoms with E-state index in [-0.39, 0.29) is 29.1 Å². The number of nitrogens with zero attached hydrogens (tertiary/aromatic N) is 2. The van der Waals surface area contributed by atoms with Crippen LogP contribution in [0.25, 0.3) is 11.3 Å². The highest BCUT2D eigenvalue weighted by atomic mass is 32.3. The summed E-state index contributed by atoms with van der Waals surface area (Å²) in [6.45, 7) is 4.27. The van der Waals surface area contributed by atoms with E-state index in [1.807, 2.05) is 13.8 Å². The van der Waals surface area contributed by atoms with Crippen molar-refractivity contribution in [3.8, 4) is 17.0 Å². The highest BCUT2D eigenvalue weighted by Crippen LogP contribution is 2.47. The number of alkyl halides is 2. The first-order valence-corrected chi connectivity index (χ1v) is 14.5. The normalized spacial score (nSPS) is 22.7. The number of halogens is 2. The second-order valence-electron chi connectivity index (χ2n) is 11.2. The number of aliphatic hydroxyl groups is 1. The number of carbonyl (C=O) groups excluding carboxylic acids is 1. The Kier molecular flexibility index (Phi) is 7.64. The number of rotatable bonds is 7. The molecule has 1 aromatic carbocycles. The molecule has 206 valence electrons. The summed E-state index contributed by atoms with van der Waals surface area (Å²) >= 11 is 0. The quantitative estimate of drug-likeness (QED) is 0.392. The molecule has 1 aliphatic carbocycles. The Balaban J connectivity index is 1.62. The van der Waals surface area contributed by atoms with E-state index in [1.165, 1.54) is 12.1 Å². The molecular formula is C26H37F2N3O5S. The Hall–Kier alpha value is -2.21. The Bertz CT molecular complexity index is 1140. The lowest BCUT2D eigenvalue weighted by atomic mass is 9.83. The summed E-state index contributed by atoms with van der Waals surface area (Å²) in [6, 6.07) is 6.01. The van der Waals surface area contributed by atoms with E-state index in [1.54, 1.807) is 30.7 Å². The maximum atomic E-state index is 13.3. The van der Waals surface area contributed by atoms with Gasteiger partial charge in [-0.15, -0.1) is 0 Å². The van der Waals surface area contributed by atoms with Crippen LogP contribution < -0.4 is 10.1 Å². The molecule has 11 heteroatoms. The standard InChI is InChI=1S/C26H37F2N3O5S/c1-16(25(2,3)33)31-21-15-18(23(32)29-26(4)10-12-37(34,35)13-11-26)8-9-20(21)22(30-31)17-6-5-7-19(14-17)36-24(27)28/h5-7,14,16,18,24,33-35H,8-13,15H2,1-4H3,(H,29,32). The molecule has 2 aliphatic rings. The third kappa shape index (κ3) is 6.27. The van der Waals surface area contributed by atoms with Crippen LogP contribution in [-0.2, 0) is 17.6 Å². The first kappa shape index (κ1) is 27.8. The fourth-order valence-corrected chi connectivity index (χ4v) is 6.82. The molecule has 1 aromatic heterocycles. The monoisotopic (exact) mass is 541 g/mol. The first-order chi connectivity index (χ1) is 17.2. The molecule has 2 aromatic rings. The third-order valence-electron chi connectivity index (χ3n) is 7.78. The van der Waals surface area contributed by atoms with Crippen LogP contribution in [0.1, 0.15) is 64.3 Å². The van der Waals surface area contributed by atoms with Crippen molar-refractivity contribution < 1.29 is 32.5 Å². The lowest BCUT2D eigenvalue weighted by Gasteiger charge is -2.45. The van der Waals surface area contributed by atoms with Crippen molar-refractivity contribution in [1.29, 1.82) is 0 Å². The van der Waals surface area contributed by atoms with Crippen molar-refractivity contribution >= 4 is 16.5 Å². The predicted octanol–water partition coefficient (Wildman–Crippen LogP) is 5.01. The van der Waals surface area contributed by atoms with Crippen LogP contribution in [0.3, 0.4) is 0 Å². The highest BCUT2D eigenvalue weighted by Gasteiger charge is 2.39. The van der Waals surface area contributed by atoms with Gasteiger partial charge in [-0.1, -0.05) is 12.1 Å². The van der Waals surface area contributed by atoms with Crippen LogP contribution in [0, 0.1) is 5.92 Å². The van der Waals surface area contributed by atoms with Crippen molar-refractivity contribution in [3.63, 3.8) is 0 Å². The minimum atomic E-state index is -2.94. The van der Waals surface area contributed by atoms with Gasteiger partial charge < -0.3 is 15.2 Å². The minimum Gasteiger partial charge on any atom is -0.435 e. The minimum absolute atomic E-state index is 0.0386. The van der Waals surface area contributed by atoms with Crippen molar-refractivity contribution in [2.45, 2.75) is 83.6 Å². The number of aromatic nitrogens is 2. The summed E-state index contributed by atoms with van der Waals surface area (Å²) in [5, 5.41) is 18.7. The van der Waals surface area contributed by atoms with Gasteiger partial charge in [-0.2, -0.15) is 24.5 Å². The van der Waals surface area contributed by atoms with E-state index in [4.69, 9.17) is 5.10 Å². The van der Waals surface area contributed by atoms with E-state index >= 15 is 0 Å². The molecule has 37 heavy (non-hydrogen) atoms. The second kappa shape index (κ2) is 10.2. The molecule has 2 heterocycles. The van der Waals surface area contributed by atoms with Crippen LogP contribution in [-0.4, -0.2) is 59.2 Å². The van der Waals surface area contributed by atoms with E-state index in [2.05, 4.69) is 10.1 Å². The Morgan fingerprint density at radius 1 is 1.30 bits per heavy atom. The van der Waals surface area contributed by atoms with Crippen LogP contribution in [0.4, 0.5) is 8.78 Å². The molecule has 2 unspecified atom stereocenters. The highest BCUT2D eigenvalue weighted by molar-refractivity contribution is 8.24. The fourth-order valence-electron chi connectivity index (χ4n) is 5.06. The molecule has 1 aliphatic heterocycles. The Morgan fingerprint density at radius 2 is 1.97 bits per heavy atom. The maximum Gasteiger partial charge on any atom is 0.387 e. The molecule has 0 bridgehead atoms. The van der Waals surface area contributed by atoms with Gasteiger partial charge >= 0.3 is 6.61 Å². The zero-order valence-corrected chi connectivity index (χ0v) is 22.5.